The van der Waals surface area contributed by atoms with Gasteiger partial charge in [0.05, 0.1) is 28.1 Å². The molecule has 3 heterocycles. The summed E-state index contributed by atoms with van der Waals surface area (Å²) < 4.78 is 13.6. The molecule has 5 nitrogen and oxygen atoms in total. The van der Waals surface area contributed by atoms with E-state index in [0.717, 1.165) is 61.9 Å². The summed E-state index contributed by atoms with van der Waals surface area (Å²) in [7, 11) is 0. The fourth-order valence-electron chi connectivity index (χ4n) is 9.18. The molecule has 0 aliphatic rings. The summed E-state index contributed by atoms with van der Waals surface area (Å²) in [5.41, 5.74) is 11.7. The summed E-state index contributed by atoms with van der Waals surface area (Å²) in [6.07, 6.45) is 7.99. The van der Waals surface area contributed by atoms with Gasteiger partial charge in [-0.2, -0.15) is 0 Å². The first-order valence-electron chi connectivity index (χ1n) is 22.5. The highest BCUT2D eigenvalue weighted by molar-refractivity contribution is 6.09. The smallest absolute Gasteiger partial charge is 0.269 e. The van der Waals surface area contributed by atoms with Gasteiger partial charge in [0.25, 0.3) is 6.33 Å². The van der Waals surface area contributed by atoms with Crippen LogP contribution < -0.4 is 9.30 Å². The number of hydrogen-bond donors (Lipinski definition) is 0. The first kappa shape index (κ1) is 41.5. The van der Waals surface area contributed by atoms with Gasteiger partial charge in [0.15, 0.2) is 0 Å². The third kappa shape index (κ3) is 7.82. The molecule has 7 aromatic carbocycles. The van der Waals surface area contributed by atoms with Crippen molar-refractivity contribution in [2.24, 2.45) is 0 Å². The van der Waals surface area contributed by atoms with E-state index in [1.807, 2.05) is 6.20 Å². The van der Waals surface area contributed by atoms with Crippen LogP contribution >= 0.6 is 0 Å². The Kier molecular flexibility index (Phi) is 10.4. The van der Waals surface area contributed by atoms with Gasteiger partial charge in [-0.1, -0.05) is 170 Å². The minimum Gasteiger partial charge on any atom is -0.458 e. The monoisotopic (exact) mass is 846 g/mol. The number of ether oxygens (including phenoxy) is 1. The highest BCUT2D eigenvalue weighted by atomic mass is 16.5. The van der Waals surface area contributed by atoms with Crippen molar-refractivity contribution in [3.63, 3.8) is 0 Å². The molecule has 10 rings (SSSR count). The second kappa shape index (κ2) is 16.2. The zero-order valence-electron chi connectivity index (χ0n) is 38.2. The molecule has 0 unspecified atom stereocenters. The lowest BCUT2D eigenvalue weighted by Gasteiger charge is -2.27. The van der Waals surface area contributed by atoms with Crippen LogP contribution in [-0.4, -0.2) is 14.1 Å². The summed E-state index contributed by atoms with van der Waals surface area (Å²) in [4.78, 5) is 4.92. The van der Waals surface area contributed by atoms with Crippen molar-refractivity contribution in [2.75, 3.05) is 0 Å². The quantitative estimate of drug-likeness (QED) is 0.102. The molecule has 0 N–H and O–H groups in total. The van der Waals surface area contributed by atoms with E-state index < -0.39 is 5.41 Å². The molecule has 0 atom stereocenters. The number of fused-ring (bicyclic) bond motifs is 3. The van der Waals surface area contributed by atoms with Gasteiger partial charge in [0.2, 0.25) is 0 Å². The van der Waals surface area contributed by atoms with Crippen molar-refractivity contribution in [2.45, 2.75) is 64.7 Å². The number of benzene rings is 7. The van der Waals surface area contributed by atoms with E-state index in [2.05, 4.69) is 263 Å². The molecular formula is C60H54N4O. The molecule has 3 aromatic heterocycles. The summed E-state index contributed by atoms with van der Waals surface area (Å²) in [6, 6.07) is 66.7. The van der Waals surface area contributed by atoms with Crippen LogP contribution in [0.1, 0.15) is 76.4 Å². The Hall–Kier alpha value is -7.50. The van der Waals surface area contributed by atoms with Crippen LogP contribution in [0, 0.1) is 6.33 Å². The number of aromatic nitrogens is 4. The topological polar surface area (TPSA) is 35.9 Å². The number of pyridine rings is 1. The highest BCUT2D eigenvalue weighted by Gasteiger charge is 2.30. The molecule has 0 saturated carbocycles. The molecule has 0 radical (unpaired) electrons. The zero-order valence-corrected chi connectivity index (χ0v) is 38.2. The average molecular weight is 847 g/mol. The van der Waals surface area contributed by atoms with Crippen molar-refractivity contribution in [1.29, 1.82) is 0 Å². The Morgan fingerprint density at radius 3 is 1.86 bits per heavy atom. The molecule has 0 bridgehead atoms. The van der Waals surface area contributed by atoms with Gasteiger partial charge < -0.3 is 4.74 Å². The maximum atomic E-state index is 7.00. The van der Waals surface area contributed by atoms with Gasteiger partial charge in [0, 0.05) is 40.1 Å². The molecule has 65 heavy (non-hydrogen) atoms. The summed E-state index contributed by atoms with van der Waals surface area (Å²) >= 11 is 0. The third-order valence-electron chi connectivity index (χ3n) is 13.2. The summed E-state index contributed by atoms with van der Waals surface area (Å²) in [5, 5.41) is 2.31. The lowest BCUT2D eigenvalue weighted by Crippen LogP contribution is -2.30. The molecular weight excluding hydrogens is 793 g/mol. The van der Waals surface area contributed by atoms with Crippen LogP contribution in [0.4, 0.5) is 0 Å². The highest BCUT2D eigenvalue weighted by Crippen LogP contribution is 2.39. The first-order chi connectivity index (χ1) is 31.3. The van der Waals surface area contributed by atoms with Gasteiger partial charge in [-0.3, -0.25) is 13.7 Å². The zero-order chi connectivity index (χ0) is 44.9. The van der Waals surface area contributed by atoms with Crippen LogP contribution in [0.3, 0.4) is 0 Å². The summed E-state index contributed by atoms with van der Waals surface area (Å²) in [6.45, 7) is 15.9. The van der Waals surface area contributed by atoms with Gasteiger partial charge in [-0.05, 0) is 99.5 Å². The van der Waals surface area contributed by atoms with E-state index in [0.29, 0.717) is 0 Å². The lowest BCUT2D eigenvalue weighted by atomic mass is 9.78. The Morgan fingerprint density at radius 1 is 0.492 bits per heavy atom. The van der Waals surface area contributed by atoms with E-state index in [1.165, 1.54) is 27.6 Å². The molecule has 5 heteroatoms. The normalized spacial score (nSPS) is 12.2. The Bertz CT molecular complexity index is 3320. The molecule has 0 fully saturated rings. The number of hydrogen-bond acceptors (Lipinski definition) is 2. The lowest BCUT2D eigenvalue weighted by molar-refractivity contribution is -0.599. The predicted molar refractivity (Wildman–Crippen MR) is 266 cm³/mol. The Morgan fingerprint density at radius 2 is 1.14 bits per heavy atom. The maximum absolute atomic E-state index is 7.00. The van der Waals surface area contributed by atoms with Crippen LogP contribution in [0.15, 0.2) is 200 Å². The molecule has 0 aliphatic heterocycles. The van der Waals surface area contributed by atoms with E-state index in [-0.39, 0.29) is 10.8 Å². The van der Waals surface area contributed by atoms with Crippen LogP contribution in [0.2, 0.25) is 0 Å². The average Bonchev–Trinajstić information content (AvgIpc) is 3.93. The second-order valence-electron chi connectivity index (χ2n) is 19.2. The second-order valence-corrected chi connectivity index (χ2v) is 19.2. The van der Waals surface area contributed by atoms with Crippen molar-refractivity contribution in [1.82, 2.24) is 14.1 Å². The Labute approximate surface area is 382 Å². The fraction of sp³-hybridized carbons (Fsp3) is 0.167. The predicted octanol–water partition coefficient (Wildman–Crippen LogP) is 14.5. The van der Waals surface area contributed by atoms with E-state index in [1.54, 1.807) is 0 Å². The third-order valence-corrected chi connectivity index (χ3v) is 13.2. The molecule has 0 amide bonds. The number of imidazole rings is 1. The van der Waals surface area contributed by atoms with Gasteiger partial charge in [0.1, 0.15) is 17.3 Å². The van der Waals surface area contributed by atoms with Crippen molar-refractivity contribution < 1.29 is 9.30 Å². The number of nitrogens with zero attached hydrogens (tertiary/aromatic N) is 4. The van der Waals surface area contributed by atoms with E-state index >= 15 is 0 Å². The van der Waals surface area contributed by atoms with Gasteiger partial charge in [-0.25, -0.2) is 4.98 Å². The van der Waals surface area contributed by atoms with Crippen molar-refractivity contribution >= 4 is 21.8 Å². The number of para-hydroxylation sites is 1. The Balaban J connectivity index is 1.13. The maximum Gasteiger partial charge on any atom is 0.269 e. The standard InChI is InChI=1S/C60H54N4O/c1-58(2,3)46-32-33-61-57(37-46)64-54-29-18-17-28-52(54)53-31-30-50(39-55(53)64)65-51-35-43(42-20-11-8-12-21-42)34-49(38-51)63-41-62(40-56(63)60(6,7)45-24-15-10-16-25-45)48-27-19-26-47(36-48)59(4,5)44-22-13-9-14-23-44/h8-40H,1-7H3. The number of rotatable bonds is 10. The van der Waals surface area contributed by atoms with Crippen LogP contribution in [0.5, 0.6) is 11.5 Å². The van der Waals surface area contributed by atoms with E-state index in [4.69, 9.17) is 9.72 Å². The molecule has 10 aromatic rings. The summed E-state index contributed by atoms with van der Waals surface area (Å²) in [5.74, 6) is 2.34. The SMILES string of the molecule is CC(C)(C)c1ccnc(-n2c3ccccc3c3ccc(Oc4cc(-c5ccccc5)cc(-n5[c-][n+](-c6cccc(C(C)(C)c7ccccc7)c6)cc5C(C)(C)c5ccccc5)c4)cc32)c1. The van der Waals surface area contributed by atoms with Crippen molar-refractivity contribution in [3.05, 3.63) is 235 Å². The van der Waals surface area contributed by atoms with Crippen LogP contribution in [0.25, 0.3) is 50.1 Å². The molecule has 320 valence electrons. The first-order valence-corrected chi connectivity index (χ1v) is 22.5. The fourth-order valence-corrected chi connectivity index (χ4v) is 9.18. The minimum absolute atomic E-state index is 0.0257. The molecule has 0 saturated heterocycles. The molecule has 0 aliphatic carbocycles. The van der Waals surface area contributed by atoms with Crippen LogP contribution in [-0.2, 0) is 16.2 Å². The minimum atomic E-state index is -0.398. The van der Waals surface area contributed by atoms with Gasteiger partial charge in [-0.15, -0.1) is 0 Å². The van der Waals surface area contributed by atoms with Crippen molar-refractivity contribution in [3.8, 4) is 39.8 Å². The van der Waals surface area contributed by atoms with E-state index in [9.17, 15) is 0 Å². The van der Waals surface area contributed by atoms with Gasteiger partial charge >= 0.3 is 0 Å². The largest absolute Gasteiger partial charge is 0.458 e. The molecule has 0 spiro atoms.